The number of halogens is 4. The smallest absolute Gasteiger partial charge is 0.329 e. The van der Waals surface area contributed by atoms with Crippen LogP contribution in [0.25, 0.3) is 0 Å². The van der Waals surface area contributed by atoms with Gasteiger partial charge in [-0.1, -0.05) is 71.7 Å². The Morgan fingerprint density at radius 1 is 0.846 bits per heavy atom. The van der Waals surface area contributed by atoms with Crippen molar-refractivity contribution in [3.8, 4) is 0 Å². The molecule has 1 fully saturated rings. The van der Waals surface area contributed by atoms with E-state index in [4.69, 9.17) is 51.1 Å². The highest BCUT2D eigenvalue weighted by molar-refractivity contribution is 6.37. The summed E-state index contributed by atoms with van der Waals surface area (Å²) in [6.07, 6.45) is 0. The van der Waals surface area contributed by atoms with E-state index in [9.17, 15) is 19.2 Å². The van der Waals surface area contributed by atoms with E-state index >= 15 is 0 Å². The fourth-order valence-electron chi connectivity index (χ4n) is 6.23. The number of benzene rings is 3. The molecule has 7 rings (SSSR count). The Kier molecular flexibility index (Phi) is 6.12. The number of nitrogens with zero attached hydrogens (tertiary/aromatic N) is 1. The molecule has 0 N–H and O–H groups in total. The molecular weight excluding hydrogens is 584 g/mol. The van der Waals surface area contributed by atoms with Gasteiger partial charge in [0.1, 0.15) is 15.8 Å². The van der Waals surface area contributed by atoms with Crippen LogP contribution < -0.4 is 0 Å². The zero-order chi connectivity index (χ0) is 27.9. The van der Waals surface area contributed by atoms with Crippen molar-refractivity contribution < 1.29 is 23.9 Å². The van der Waals surface area contributed by atoms with E-state index in [1.165, 1.54) is 25.1 Å². The molecule has 0 radical (unpaired) electrons. The first-order valence-electron chi connectivity index (χ1n) is 12.1. The molecule has 2 amide bonds. The number of rotatable bonds is 5. The quantitative estimate of drug-likeness (QED) is 0.162. The first-order chi connectivity index (χ1) is 18.5. The molecule has 0 unspecified atom stereocenters. The fraction of sp³-hybridized carbons (Fsp3) is 0.241. The molecule has 198 valence electrons. The number of alkyl halides is 2. The van der Waals surface area contributed by atoms with Gasteiger partial charge in [-0.3, -0.25) is 19.3 Å². The van der Waals surface area contributed by atoms with Crippen LogP contribution in [0.3, 0.4) is 0 Å². The van der Waals surface area contributed by atoms with Crippen LogP contribution in [0.1, 0.15) is 39.5 Å². The number of ether oxygens (including phenoxy) is 1. The number of carbonyl (C=O) groups is 4. The second-order valence-corrected chi connectivity index (χ2v) is 11.9. The van der Waals surface area contributed by atoms with Gasteiger partial charge in [0, 0.05) is 10.6 Å². The predicted octanol–water partition coefficient (Wildman–Crippen LogP) is 5.70. The van der Waals surface area contributed by atoms with Crippen molar-refractivity contribution in [2.24, 2.45) is 11.8 Å². The Balaban J connectivity index is 1.32. The summed E-state index contributed by atoms with van der Waals surface area (Å²) in [7, 11) is 0. The summed E-state index contributed by atoms with van der Waals surface area (Å²) in [4.78, 5) is 51.7. The summed E-state index contributed by atoms with van der Waals surface area (Å²) in [5.74, 6) is -4.81. The number of imide groups is 1. The van der Waals surface area contributed by atoms with E-state index in [0.717, 1.165) is 4.90 Å². The number of amides is 2. The minimum absolute atomic E-state index is 0.111. The lowest BCUT2D eigenvalue weighted by molar-refractivity contribution is -0.157. The van der Waals surface area contributed by atoms with Crippen molar-refractivity contribution in [1.82, 2.24) is 4.90 Å². The largest absolute Gasteiger partial charge is 0.456 e. The number of likely N-dealkylation sites (tertiary alicyclic amines) is 1. The maximum absolute atomic E-state index is 13.9. The minimum Gasteiger partial charge on any atom is -0.456 e. The third-order valence-corrected chi connectivity index (χ3v) is 9.76. The van der Waals surface area contributed by atoms with Crippen LogP contribution in [-0.4, -0.2) is 41.1 Å². The Morgan fingerprint density at radius 3 is 1.74 bits per heavy atom. The lowest BCUT2D eigenvalue weighted by Gasteiger charge is -2.54. The Hall–Kier alpha value is -2.90. The van der Waals surface area contributed by atoms with E-state index in [-0.39, 0.29) is 10.6 Å². The lowest BCUT2D eigenvalue weighted by atomic mass is 9.54. The van der Waals surface area contributed by atoms with E-state index in [2.05, 4.69) is 0 Å². The first kappa shape index (κ1) is 26.3. The second-order valence-electron chi connectivity index (χ2n) is 9.85. The van der Waals surface area contributed by atoms with Crippen molar-refractivity contribution >= 4 is 70.0 Å². The first-order valence-corrected chi connectivity index (χ1v) is 13.6. The van der Waals surface area contributed by atoms with Gasteiger partial charge in [0.05, 0.1) is 16.9 Å². The van der Waals surface area contributed by atoms with Crippen LogP contribution in [0, 0.1) is 11.8 Å². The van der Waals surface area contributed by atoms with Gasteiger partial charge in [0.25, 0.3) is 0 Å². The molecule has 3 aromatic rings. The zero-order valence-electron chi connectivity index (χ0n) is 20.3. The standard InChI is InChI=1S/C29H19Cl4NO5/c1-14(27(38)39-13-22(35)16-11-10-15(30)12-21(16)31)34-25(36)23-24(26(34)37)29(33)18-7-3-2-6-17(18)28(23,32)19-8-4-5-9-20(19)29/h2-12,14,23-24H,13H2,1H3/t14-,23-,24+,28?,29?/m1/s1. The molecular formula is C29H19Cl4NO5. The van der Waals surface area contributed by atoms with Gasteiger partial charge >= 0.3 is 5.97 Å². The van der Waals surface area contributed by atoms with E-state index in [1.807, 2.05) is 48.5 Å². The third kappa shape index (κ3) is 3.48. The average molecular weight is 603 g/mol. The van der Waals surface area contributed by atoms with E-state index < -0.39 is 57.8 Å². The summed E-state index contributed by atoms with van der Waals surface area (Å²) in [5.41, 5.74) is 2.76. The number of hydrogen-bond acceptors (Lipinski definition) is 5. The predicted molar refractivity (Wildman–Crippen MR) is 146 cm³/mol. The van der Waals surface area contributed by atoms with Crippen LogP contribution in [0.4, 0.5) is 0 Å². The third-order valence-electron chi connectivity index (χ3n) is 7.92. The van der Waals surface area contributed by atoms with Crippen LogP contribution in [-0.2, 0) is 28.9 Å². The molecule has 0 aromatic heterocycles. The Bertz CT molecular complexity index is 1480. The molecule has 10 heteroatoms. The number of esters is 1. The van der Waals surface area contributed by atoms with Gasteiger partial charge in [-0.15, -0.1) is 23.2 Å². The van der Waals surface area contributed by atoms with E-state index in [1.54, 1.807) is 0 Å². The SMILES string of the molecule is C[C@H](C(=O)OCC(=O)c1ccc(Cl)cc1Cl)N1C(=O)[C@@H]2[C@H](C1=O)C1(Cl)c3ccccc3C2(Cl)c2ccccc21. The Morgan fingerprint density at radius 2 is 1.31 bits per heavy atom. The highest BCUT2D eigenvalue weighted by Gasteiger charge is 2.73. The van der Waals surface area contributed by atoms with E-state index in [0.29, 0.717) is 27.3 Å². The van der Waals surface area contributed by atoms with Gasteiger partial charge in [0.2, 0.25) is 17.6 Å². The molecule has 4 aliphatic rings. The normalized spacial score (nSPS) is 27.1. The molecule has 1 saturated heterocycles. The van der Waals surface area contributed by atoms with Crippen LogP contribution in [0.2, 0.25) is 10.0 Å². The monoisotopic (exact) mass is 601 g/mol. The lowest BCUT2D eigenvalue weighted by Crippen LogP contribution is -2.57. The molecule has 1 heterocycles. The number of ketones is 1. The summed E-state index contributed by atoms with van der Waals surface area (Å²) < 4.78 is 5.22. The Labute approximate surface area is 243 Å². The van der Waals surface area contributed by atoms with Crippen molar-refractivity contribution in [2.75, 3.05) is 6.61 Å². The van der Waals surface area contributed by atoms with Gasteiger partial charge in [-0.2, -0.15) is 0 Å². The summed E-state index contributed by atoms with van der Waals surface area (Å²) in [6, 6.07) is 17.5. The molecule has 6 nitrogen and oxygen atoms in total. The number of Topliss-reactive ketones (excluding diaryl/α,β-unsaturated/α-hetero) is 1. The van der Waals surface area contributed by atoms with Gasteiger partial charge in [0.15, 0.2) is 6.61 Å². The molecule has 3 aliphatic carbocycles. The molecule has 0 saturated carbocycles. The fourth-order valence-corrected chi connectivity index (χ4v) is 7.84. The zero-order valence-corrected chi connectivity index (χ0v) is 23.3. The number of carbonyl (C=O) groups excluding carboxylic acids is 4. The highest BCUT2D eigenvalue weighted by Crippen LogP contribution is 2.69. The minimum atomic E-state index is -1.36. The van der Waals surface area contributed by atoms with Crippen LogP contribution in [0.15, 0.2) is 66.7 Å². The molecule has 3 atom stereocenters. The van der Waals surface area contributed by atoms with Crippen LogP contribution in [0.5, 0.6) is 0 Å². The molecule has 0 spiro atoms. The topological polar surface area (TPSA) is 80.8 Å². The van der Waals surface area contributed by atoms with Gasteiger partial charge in [-0.25, -0.2) is 4.79 Å². The second kappa shape index (κ2) is 9.07. The summed E-state index contributed by atoms with van der Waals surface area (Å²) >= 11 is 26.7. The summed E-state index contributed by atoms with van der Waals surface area (Å²) in [5, 5.41) is 0.460. The number of hydrogen-bond donors (Lipinski definition) is 0. The maximum atomic E-state index is 13.9. The maximum Gasteiger partial charge on any atom is 0.329 e. The van der Waals surface area contributed by atoms with Crippen molar-refractivity contribution in [1.29, 1.82) is 0 Å². The molecule has 3 aromatic carbocycles. The van der Waals surface area contributed by atoms with Crippen LogP contribution >= 0.6 is 46.4 Å². The molecule has 2 bridgehead atoms. The average Bonchev–Trinajstić information content (AvgIpc) is 3.20. The van der Waals surface area contributed by atoms with Crippen molar-refractivity contribution in [2.45, 2.75) is 22.7 Å². The molecule has 39 heavy (non-hydrogen) atoms. The van der Waals surface area contributed by atoms with Crippen molar-refractivity contribution in [3.63, 3.8) is 0 Å². The molecule has 1 aliphatic heterocycles. The van der Waals surface area contributed by atoms with Gasteiger partial charge in [-0.05, 0) is 47.4 Å². The van der Waals surface area contributed by atoms with Gasteiger partial charge < -0.3 is 4.74 Å². The summed E-state index contributed by atoms with van der Waals surface area (Å²) in [6.45, 7) is 0.739. The van der Waals surface area contributed by atoms with Crippen molar-refractivity contribution in [3.05, 3.63) is 105 Å². The highest BCUT2D eigenvalue weighted by atomic mass is 35.5.